The van der Waals surface area contributed by atoms with Crippen molar-refractivity contribution in [3.05, 3.63) is 57.8 Å². The van der Waals surface area contributed by atoms with E-state index in [1.807, 2.05) is 0 Å². The predicted octanol–water partition coefficient (Wildman–Crippen LogP) is 3.84. The summed E-state index contributed by atoms with van der Waals surface area (Å²) in [7, 11) is 2.98. The van der Waals surface area contributed by atoms with Crippen LogP contribution in [0.1, 0.15) is 15.9 Å². The molecule has 3 nitrogen and oxygen atoms in total. The second-order valence-corrected chi connectivity index (χ2v) is 4.88. The van der Waals surface area contributed by atoms with E-state index in [2.05, 4.69) is 15.9 Å². The van der Waals surface area contributed by atoms with Crippen LogP contribution in [0.3, 0.4) is 0 Å². The van der Waals surface area contributed by atoms with Gasteiger partial charge in [0.2, 0.25) is 0 Å². The molecular formula is C15H12BrFO3. The zero-order valence-corrected chi connectivity index (χ0v) is 12.5. The molecule has 2 rings (SSSR count). The van der Waals surface area contributed by atoms with Gasteiger partial charge < -0.3 is 9.47 Å². The molecule has 0 unspecified atom stereocenters. The number of halogens is 2. The molecule has 0 heterocycles. The molecule has 20 heavy (non-hydrogen) atoms. The molecule has 0 atom stereocenters. The number of hydrogen-bond donors (Lipinski definition) is 0. The van der Waals surface area contributed by atoms with E-state index < -0.39 is 5.82 Å². The number of ether oxygens (including phenoxy) is 2. The second kappa shape index (κ2) is 6.05. The molecular weight excluding hydrogens is 327 g/mol. The Hall–Kier alpha value is -1.88. The summed E-state index contributed by atoms with van der Waals surface area (Å²) < 4.78 is 24.2. The van der Waals surface area contributed by atoms with Crippen LogP contribution in [0, 0.1) is 5.82 Å². The number of rotatable bonds is 4. The fraction of sp³-hybridized carbons (Fsp3) is 0.133. The Morgan fingerprint density at radius 1 is 1.05 bits per heavy atom. The Balaban J connectivity index is 2.46. The van der Waals surface area contributed by atoms with Gasteiger partial charge in [0, 0.05) is 5.56 Å². The van der Waals surface area contributed by atoms with E-state index >= 15 is 0 Å². The summed E-state index contributed by atoms with van der Waals surface area (Å²) in [6.07, 6.45) is 0. The molecule has 104 valence electrons. The molecule has 0 aliphatic carbocycles. The normalized spacial score (nSPS) is 10.2. The van der Waals surface area contributed by atoms with E-state index in [0.717, 1.165) is 0 Å². The Morgan fingerprint density at radius 3 is 2.30 bits per heavy atom. The molecule has 0 aliphatic rings. The third-order valence-electron chi connectivity index (χ3n) is 2.82. The minimum absolute atomic E-state index is 0.185. The standard InChI is InChI=1S/C15H12BrFO3/c1-19-13-6-4-10(17)8-11(13)15(18)9-3-5-14(20-2)12(16)7-9/h3-8H,1-2H3. The lowest BCUT2D eigenvalue weighted by atomic mass is 10.0. The molecule has 0 radical (unpaired) electrons. The van der Waals surface area contributed by atoms with Crippen molar-refractivity contribution in [1.82, 2.24) is 0 Å². The highest BCUT2D eigenvalue weighted by Gasteiger charge is 2.16. The Bertz CT molecular complexity index is 656. The maximum absolute atomic E-state index is 13.3. The zero-order valence-electron chi connectivity index (χ0n) is 10.9. The van der Waals surface area contributed by atoms with Gasteiger partial charge in [0.15, 0.2) is 5.78 Å². The average Bonchev–Trinajstić information content (AvgIpc) is 2.46. The van der Waals surface area contributed by atoms with Crippen LogP contribution in [0.25, 0.3) is 0 Å². The molecule has 0 N–H and O–H groups in total. The van der Waals surface area contributed by atoms with Crippen molar-refractivity contribution in [2.45, 2.75) is 0 Å². The second-order valence-electron chi connectivity index (χ2n) is 4.02. The lowest BCUT2D eigenvalue weighted by Gasteiger charge is -2.09. The van der Waals surface area contributed by atoms with Gasteiger partial charge in [-0.15, -0.1) is 0 Å². The number of ketones is 1. The van der Waals surface area contributed by atoms with Crippen LogP contribution in [0.4, 0.5) is 4.39 Å². The summed E-state index contributed by atoms with van der Waals surface area (Å²) in [5.41, 5.74) is 0.603. The molecule has 0 aliphatic heterocycles. The Labute approximate surface area is 124 Å². The van der Waals surface area contributed by atoms with E-state index in [-0.39, 0.29) is 11.3 Å². The molecule has 0 spiro atoms. The molecule has 0 bridgehead atoms. The largest absolute Gasteiger partial charge is 0.496 e. The minimum atomic E-state index is -0.485. The summed E-state index contributed by atoms with van der Waals surface area (Å²) in [4.78, 5) is 12.4. The van der Waals surface area contributed by atoms with E-state index in [0.29, 0.717) is 21.5 Å². The number of carbonyl (C=O) groups excluding carboxylic acids is 1. The SMILES string of the molecule is COc1ccc(C(=O)c2cc(F)ccc2OC)cc1Br. The first-order chi connectivity index (χ1) is 9.56. The summed E-state index contributed by atoms with van der Waals surface area (Å²) in [6.45, 7) is 0. The lowest BCUT2D eigenvalue weighted by Crippen LogP contribution is -2.05. The van der Waals surface area contributed by atoms with Crippen LogP contribution in [0.5, 0.6) is 11.5 Å². The Kier molecular flexibility index (Phi) is 4.39. The highest BCUT2D eigenvalue weighted by atomic mass is 79.9. The number of carbonyl (C=O) groups is 1. The topological polar surface area (TPSA) is 35.5 Å². The molecule has 2 aromatic rings. The maximum atomic E-state index is 13.3. The third-order valence-corrected chi connectivity index (χ3v) is 3.44. The van der Waals surface area contributed by atoms with E-state index in [4.69, 9.17) is 9.47 Å². The van der Waals surface area contributed by atoms with Gasteiger partial charge in [-0.05, 0) is 52.3 Å². The van der Waals surface area contributed by atoms with Gasteiger partial charge in [-0.3, -0.25) is 4.79 Å². The summed E-state index contributed by atoms with van der Waals surface area (Å²) in [5, 5.41) is 0. The third kappa shape index (κ3) is 2.82. The summed E-state index contributed by atoms with van der Waals surface area (Å²) in [6, 6.07) is 8.77. The highest BCUT2D eigenvalue weighted by Crippen LogP contribution is 2.28. The van der Waals surface area contributed by atoms with Crippen LogP contribution in [0.15, 0.2) is 40.9 Å². The zero-order chi connectivity index (χ0) is 14.7. The summed E-state index contributed by atoms with van der Waals surface area (Å²) >= 11 is 3.32. The van der Waals surface area contributed by atoms with Gasteiger partial charge in [-0.25, -0.2) is 4.39 Å². The average molecular weight is 339 g/mol. The molecule has 5 heteroatoms. The van der Waals surface area contributed by atoms with E-state index in [1.165, 1.54) is 32.4 Å². The lowest BCUT2D eigenvalue weighted by molar-refractivity contribution is 0.103. The van der Waals surface area contributed by atoms with Gasteiger partial charge in [-0.1, -0.05) is 0 Å². The quantitative estimate of drug-likeness (QED) is 0.794. The van der Waals surface area contributed by atoms with Crippen molar-refractivity contribution in [3.8, 4) is 11.5 Å². The van der Waals surface area contributed by atoms with Crippen molar-refractivity contribution in [2.24, 2.45) is 0 Å². The molecule has 2 aromatic carbocycles. The smallest absolute Gasteiger partial charge is 0.196 e. The van der Waals surface area contributed by atoms with Crippen LogP contribution >= 0.6 is 15.9 Å². The number of hydrogen-bond acceptors (Lipinski definition) is 3. The molecule has 0 saturated heterocycles. The van der Waals surface area contributed by atoms with Crippen LogP contribution in [0.2, 0.25) is 0 Å². The Morgan fingerprint density at radius 2 is 1.70 bits per heavy atom. The first kappa shape index (κ1) is 14.5. The van der Waals surface area contributed by atoms with Crippen molar-refractivity contribution in [1.29, 1.82) is 0 Å². The predicted molar refractivity (Wildman–Crippen MR) is 77.1 cm³/mol. The van der Waals surface area contributed by atoms with E-state index in [9.17, 15) is 9.18 Å². The van der Waals surface area contributed by atoms with Crippen molar-refractivity contribution < 1.29 is 18.7 Å². The first-order valence-electron chi connectivity index (χ1n) is 5.78. The molecule has 0 fully saturated rings. The van der Waals surface area contributed by atoms with Crippen molar-refractivity contribution in [3.63, 3.8) is 0 Å². The van der Waals surface area contributed by atoms with Gasteiger partial charge in [0.25, 0.3) is 0 Å². The van der Waals surface area contributed by atoms with Gasteiger partial charge in [0.1, 0.15) is 17.3 Å². The number of methoxy groups -OCH3 is 2. The fourth-order valence-electron chi connectivity index (χ4n) is 1.82. The first-order valence-corrected chi connectivity index (χ1v) is 6.58. The molecule has 0 amide bonds. The van der Waals surface area contributed by atoms with Crippen molar-refractivity contribution in [2.75, 3.05) is 14.2 Å². The van der Waals surface area contributed by atoms with Crippen LogP contribution in [-0.2, 0) is 0 Å². The maximum Gasteiger partial charge on any atom is 0.196 e. The highest BCUT2D eigenvalue weighted by molar-refractivity contribution is 9.10. The number of benzene rings is 2. The fourth-order valence-corrected chi connectivity index (χ4v) is 2.36. The van der Waals surface area contributed by atoms with Crippen LogP contribution in [-0.4, -0.2) is 20.0 Å². The molecule has 0 saturated carbocycles. The van der Waals surface area contributed by atoms with Crippen LogP contribution < -0.4 is 9.47 Å². The molecule has 0 aromatic heterocycles. The minimum Gasteiger partial charge on any atom is -0.496 e. The van der Waals surface area contributed by atoms with E-state index in [1.54, 1.807) is 18.2 Å². The van der Waals surface area contributed by atoms with Gasteiger partial charge >= 0.3 is 0 Å². The van der Waals surface area contributed by atoms with Gasteiger partial charge in [0.05, 0.1) is 24.3 Å². The van der Waals surface area contributed by atoms with Gasteiger partial charge in [-0.2, -0.15) is 0 Å². The summed E-state index contributed by atoms with van der Waals surface area (Å²) in [5.74, 6) is 0.155. The van der Waals surface area contributed by atoms with Crippen molar-refractivity contribution >= 4 is 21.7 Å². The monoisotopic (exact) mass is 338 g/mol.